The number of fused-ring (bicyclic) bond motifs is 1. The summed E-state index contributed by atoms with van der Waals surface area (Å²) in [6, 6.07) is 10.1. The maximum Gasteiger partial charge on any atom is 0.139 e. The largest absolute Gasteiger partial charge is 0.389 e. The van der Waals surface area contributed by atoms with Crippen molar-refractivity contribution in [3.63, 3.8) is 0 Å². The summed E-state index contributed by atoms with van der Waals surface area (Å²) >= 11 is 5.17. The van der Waals surface area contributed by atoms with E-state index in [-0.39, 0.29) is 0 Å². The quantitative estimate of drug-likeness (QED) is 0.868. The van der Waals surface area contributed by atoms with E-state index in [0.29, 0.717) is 4.99 Å². The van der Waals surface area contributed by atoms with Crippen LogP contribution in [-0.2, 0) is 0 Å². The van der Waals surface area contributed by atoms with Crippen LogP contribution in [0.1, 0.15) is 18.4 Å². The molecule has 3 rings (SSSR count). The number of aromatic nitrogens is 1. The number of hydrogen-bond acceptors (Lipinski definition) is 3. The van der Waals surface area contributed by atoms with E-state index in [9.17, 15) is 0 Å². The topological polar surface area (TPSA) is 42.2 Å². The predicted molar refractivity (Wildman–Crippen MR) is 83.6 cm³/mol. The van der Waals surface area contributed by atoms with Gasteiger partial charge in [0.05, 0.1) is 11.1 Å². The Hall–Kier alpha value is -1.68. The Morgan fingerprint density at radius 2 is 2.16 bits per heavy atom. The molecule has 4 heteroatoms. The van der Waals surface area contributed by atoms with Gasteiger partial charge in [-0.1, -0.05) is 30.4 Å². The zero-order chi connectivity index (χ0) is 13.4. The first kappa shape index (κ1) is 12.4. The lowest BCUT2D eigenvalue weighted by Gasteiger charge is -2.21. The molecule has 1 fully saturated rings. The third-order valence-corrected chi connectivity index (χ3v) is 3.78. The molecule has 0 radical (unpaired) electrons. The third kappa shape index (κ3) is 2.54. The van der Waals surface area contributed by atoms with Crippen LogP contribution in [0.4, 0.5) is 5.82 Å². The minimum atomic E-state index is 0.413. The summed E-state index contributed by atoms with van der Waals surface area (Å²) in [5.41, 5.74) is 7.71. The Balaban J connectivity index is 2.08. The fraction of sp³-hybridized carbons (Fsp3) is 0.333. The van der Waals surface area contributed by atoms with Gasteiger partial charge in [0.1, 0.15) is 10.8 Å². The summed E-state index contributed by atoms with van der Waals surface area (Å²) in [4.78, 5) is 7.33. The van der Waals surface area contributed by atoms with E-state index in [1.165, 1.54) is 12.8 Å². The van der Waals surface area contributed by atoms with Gasteiger partial charge in [0.2, 0.25) is 0 Å². The van der Waals surface area contributed by atoms with Gasteiger partial charge in [-0.3, -0.25) is 0 Å². The van der Waals surface area contributed by atoms with Crippen molar-refractivity contribution in [1.29, 1.82) is 0 Å². The number of anilines is 1. The monoisotopic (exact) mass is 271 g/mol. The van der Waals surface area contributed by atoms with Gasteiger partial charge in [-0.05, 0) is 30.9 Å². The summed E-state index contributed by atoms with van der Waals surface area (Å²) in [7, 11) is 2.07. The van der Waals surface area contributed by atoms with E-state index in [0.717, 1.165) is 34.7 Å². The van der Waals surface area contributed by atoms with Gasteiger partial charge in [-0.25, -0.2) is 4.98 Å². The Morgan fingerprint density at radius 3 is 2.84 bits per heavy atom. The summed E-state index contributed by atoms with van der Waals surface area (Å²) in [5, 5.41) is 1.08. The van der Waals surface area contributed by atoms with Crippen molar-refractivity contribution < 1.29 is 0 Å². The van der Waals surface area contributed by atoms with E-state index < -0.39 is 0 Å². The zero-order valence-corrected chi connectivity index (χ0v) is 11.8. The molecule has 0 unspecified atom stereocenters. The second-order valence-corrected chi connectivity index (χ2v) is 5.68. The van der Waals surface area contributed by atoms with Crippen molar-refractivity contribution >= 4 is 33.9 Å². The molecule has 1 aromatic carbocycles. The van der Waals surface area contributed by atoms with Gasteiger partial charge < -0.3 is 10.6 Å². The molecule has 98 valence electrons. The maximum atomic E-state index is 5.85. The minimum Gasteiger partial charge on any atom is -0.389 e. The average Bonchev–Trinajstić information content (AvgIpc) is 3.21. The van der Waals surface area contributed by atoms with Crippen LogP contribution in [0.25, 0.3) is 10.9 Å². The third-order valence-electron chi connectivity index (χ3n) is 3.56. The second-order valence-electron chi connectivity index (χ2n) is 5.24. The van der Waals surface area contributed by atoms with Crippen LogP contribution in [-0.4, -0.2) is 23.6 Å². The van der Waals surface area contributed by atoms with Crippen LogP contribution in [0.15, 0.2) is 30.3 Å². The molecule has 1 aromatic heterocycles. The first-order valence-electron chi connectivity index (χ1n) is 6.56. The lowest BCUT2D eigenvalue weighted by molar-refractivity contribution is 0.778. The van der Waals surface area contributed by atoms with Crippen LogP contribution in [0.2, 0.25) is 0 Å². The van der Waals surface area contributed by atoms with Crippen LogP contribution in [0, 0.1) is 5.92 Å². The number of rotatable bonds is 4. The summed E-state index contributed by atoms with van der Waals surface area (Å²) in [5.74, 6) is 1.70. The van der Waals surface area contributed by atoms with Gasteiger partial charge in [-0.2, -0.15) is 0 Å². The smallest absolute Gasteiger partial charge is 0.139 e. The molecule has 3 nitrogen and oxygen atoms in total. The highest BCUT2D eigenvalue weighted by molar-refractivity contribution is 7.80. The molecular weight excluding hydrogens is 254 g/mol. The molecule has 1 aliphatic carbocycles. The van der Waals surface area contributed by atoms with Gasteiger partial charge in [0.15, 0.2) is 0 Å². The Morgan fingerprint density at radius 1 is 1.42 bits per heavy atom. The van der Waals surface area contributed by atoms with Crippen molar-refractivity contribution in [3.05, 3.63) is 35.9 Å². The predicted octanol–water partition coefficient (Wildman–Crippen LogP) is 2.72. The highest BCUT2D eigenvalue weighted by Crippen LogP contribution is 2.32. The summed E-state index contributed by atoms with van der Waals surface area (Å²) in [6.07, 6.45) is 2.64. The minimum absolute atomic E-state index is 0.413. The second kappa shape index (κ2) is 4.78. The van der Waals surface area contributed by atoms with E-state index in [4.69, 9.17) is 22.9 Å². The van der Waals surface area contributed by atoms with Gasteiger partial charge in [0, 0.05) is 19.0 Å². The van der Waals surface area contributed by atoms with Crippen molar-refractivity contribution in [1.82, 2.24) is 4.98 Å². The van der Waals surface area contributed by atoms with Crippen molar-refractivity contribution in [2.75, 3.05) is 18.5 Å². The Bertz CT molecular complexity index is 634. The van der Waals surface area contributed by atoms with E-state index >= 15 is 0 Å². The van der Waals surface area contributed by atoms with Gasteiger partial charge in [-0.15, -0.1) is 0 Å². The summed E-state index contributed by atoms with van der Waals surface area (Å²) < 4.78 is 0. The highest BCUT2D eigenvalue weighted by atomic mass is 32.1. The van der Waals surface area contributed by atoms with Gasteiger partial charge >= 0.3 is 0 Å². The molecule has 0 spiro atoms. The number of hydrogen-bond donors (Lipinski definition) is 1. The molecule has 2 aromatic rings. The molecule has 1 heterocycles. The van der Waals surface area contributed by atoms with Crippen molar-refractivity contribution in [2.45, 2.75) is 12.8 Å². The summed E-state index contributed by atoms with van der Waals surface area (Å²) in [6.45, 7) is 1.03. The van der Waals surface area contributed by atoms with Crippen LogP contribution in [0.5, 0.6) is 0 Å². The van der Waals surface area contributed by atoms with Crippen molar-refractivity contribution in [2.24, 2.45) is 11.7 Å². The molecule has 2 N–H and O–H groups in total. The Labute approximate surface area is 118 Å². The number of benzene rings is 1. The molecule has 19 heavy (non-hydrogen) atoms. The molecular formula is C15H17N3S. The molecule has 0 atom stereocenters. The van der Waals surface area contributed by atoms with Crippen LogP contribution in [0.3, 0.4) is 0 Å². The standard InChI is InChI=1S/C15H17N3S/c1-18(9-10-6-7-10)15-12(14(16)19)8-11-4-2-3-5-13(11)17-15/h2-5,8,10H,6-7,9H2,1H3,(H2,16,19). The molecule has 0 bridgehead atoms. The Kier molecular flexibility index (Phi) is 3.11. The van der Waals surface area contributed by atoms with E-state index in [2.05, 4.69) is 11.9 Å². The fourth-order valence-corrected chi connectivity index (χ4v) is 2.50. The van der Waals surface area contributed by atoms with Gasteiger partial charge in [0.25, 0.3) is 0 Å². The highest BCUT2D eigenvalue weighted by Gasteiger charge is 2.24. The lowest BCUT2D eigenvalue weighted by Crippen LogP contribution is -2.25. The lowest BCUT2D eigenvalue weighted by atomic mass is 10.1. The van der Waals surface area contributed by atoms with E-state index in [1.54, 1.807) is 0 Å². The molecule has 1 saturated carbocycles. The average molecular weight is 271 g/mol. The number of para-hydroxylation sites is 1. The normalized spacial score (nSPS) is 14.6. The van der Waals surface area contributed by atoms with Crippen molar-refractivity contribution in [3.8, 4) is 0 Å². The number of thiocarbonyl (C=S) groups is 1. The number of nitrogens with zero attached hydrogens (tertiary/aromatic N) is 2. The number of pyridine rings is 1. The molecule has 0 aliphatic heterocycles. The first-order valence-corrected chi connectivity index (χ1v) is 6.96. The molecule has 1 aliphatic rings. The zero-order valence-electron chi connectivity index (χ0n) is 11.0. The van der Waals surface area contributed by atoms with E-state index in [1.807, 2.05) is 30.3 Å². The SMILES string of the molecule is CN(CC1CC1)c1nc2ccccc2cc1C(N)=S. The van der Waals surface area contributed by atoms with Crippen LogP contribution >= 0.6 is 12.2 Å². The fourth-order valence-electron chi connectivity index (χ4n) is 2.35. The van der Waals surface area contributed by atoms with Crippen LogP contribution < -0.4 is 10.6 Å². The first-order chi connectivity index (χ1) is 9.15. The maximum absolute atomic E-state index is 5.85. The molecule has 0 saturated heterocycles. The molecule has 0 amide bonds. The number of nitrogens with two attached hydrogens (primary N) is 1.